The lowest BCUT2D eigenvalue weighted by atomic mass is 9.96. The minimum absolute atomic E-state index is 0.347. The zero-order valence-corrected chi connectivity index (χ0v) is 17.3. The first kappa shape index (κ1) is 19.9. The van der Waals surface area contributed by atoms with E-state index in [1.807, 2.05) is 28.7 Å². The van der Waals surface area contributed by atoms with Crippen LogP contribution in [0.3, 0.4) is 0 Å². The number of rotatable bonds is 5. The Labute approximate surface area is 183 Å². The summed E-state index contributed by atoms with van der Waals surface area (Å²) in [6.45, 7) is 2.19. The zero-order chi connectivity index (χ0) is 22.1. The van der Waals surface area contributed by atoms with Crippen LogP contribution in [0.1, 0.15) is 23.2 Å². The number of fused-ring (bicyclic) bond motifs is 2. The summed E-state index contributed by atoms with van der Waals surface area (Å²) in [7, 11) is 0. The summed E-state index contributed by atoms with van der Waals surface area (Å²) < 4.78 is 1.82. The van der Waals surface area contributed by atoms with E-state index in [9.17, 15) is 9.59 Å². The molecule has 1 aliphatic rings. The summed E-state index contributed by atoms with van der Waals surface area (Å²) in [5, 5.41) is 20.9. The quantitative estimate of drug-likeness (QED) is 0.467. The largest absolute Gasteiger partial charge is 0.465 e. The predicted octanol–water partition coefficient (Wildman–Crippen LogP) is 3.24. The van der Waals surface area contributed by atoms with Crippen LogP contribution in [0.4, 0.5) is 10.5 Å². The lowest BCUT2D eigenvalue weighted by Crippen LogP contribution is -2.38. The summed E-state index contributed by atoms with van der Waals surface area (Å²) in [6.07, 6.45) is 3.44. The monoisotopic (exact) mass is 430 g/mol. The molecule has 0 radical (unpaired) electrons. The maximum absolute atomic E-state index is 11.0. The van der Waals surface area contributed by atoms with Crippen LogP contribution in [0.15, 0.2) is 48.7 Å². The van der Waals surface area contributed by atoms with E-state index < -0.39 is 6.09 Å². The summed E-state index contributed by atoms with van der Waals surface area (Å²) >= 11 is 0. The highest BCUT2D eigenvalue weighted by Crippen LogP contribution is 2.31. The third-order valence-corrected chi connectivity index (χ3v) is 6.00. The number of carboxylic acid groups (broad SMARTS) is 1. The van der Waals surface area contributed by atoms with E-state index in [1.165, 1.54) is 0 Å². The van der Waals surface area contributed by atoms with Gasteiger partial charge in [0.15, 0.2) is 11.5 Å². The van der Waals surface area contributed by atoms with Gasteiger partial charge in [-0.25, -0.2) is 9.78 Å². The highest BCUT2D eigenvalue weighted by atomic mass is 16.4. The van der Waals surface area contributed by atoms with E-state index in [-0.39, 0.29) is 0 Å². The van der Waals surface area contributed by atoms with E-state index >= 15 is 0 Å². The maximum atomic E-state index is 11.0. The smallest absolute Gasteiger partial charge is 0.404 e. The number of carbonyl (C=O) groups excluding carboxylic acids is 1. The van der Waals surface area contributed by atoms with Crippen molar-refractivity contribution in [3.63, 3.8) is 0 Å². The average molecular weight is 430 g/mol. The first-order chi connectivity index (χ1) is 15.6. The van der Waals surface area contributed by atoms with Gasteiger partial charge in [-0.1, -0.05) is 18.2 Å². The molecule has 32 heavy (non-hydrogen) atoms. The molecule has 4 heterocycles. The van der Waals surface area contributed by atoms with Gasteiger partial charge in [0, 0.05) is 36.8 Å². The number of amides is 1. The average Bonchev–Trinajstić information content (AvgIpc) is 3.25. The molecular formula is C23H22N6O3. The molecule has 0 atom stereocenters. The van der Waals surface area contributed by atoms with Crippen molar-refractivity contribution in [1.82, 2.24) is 24.9 Å². The fourth-order valence-corrected chi connectivity index (χ4v) is 4.28. The molecule has 3 aromatic heterocycles. The molecule has 0 saturated carbocycles. The first-order valence-electron chi connectivity index (χ1n) is 10.5. The summed E-state index contributed by atoms with van der Waals surface area (Å²) in [6, 6.07) is 13.5. The molecule has 9 nitrogen and oxygen atoms in total. The van der Waals surface area contributed by atoms with Gasteiger partial charge in [0.25, 0.3) is 0 Å². The number of hydrogen-bond acceptors (Lipinski definition) is 6. The van der Waals surface area contributed by atoms with Crippen LogP contribution < -0.4 is 10.2 Å². The van der Waals surface area contributed by atoms with Crippen molar-refractivity contribution in [2.24, 2.45) is 5.92 Å². The van der Waals surface area contributed by atoms with Crippen molar-refractivity contribution in [3.8, 4) is 11.5 Å². The third-order valence-electron chi connectivity index (χ3n) is 6.00. The molecule has 1 fully saturated rings. The van der Waals surface area contributed by atoms with E-state index in [0.29, 0.717) is 35.2 Å². The van der Waals surface area contributed by atoms with Crippen LogP contribution in [-0.4, -0.2) is 56.7 Å². The summed E-state index contributed by atoms with van der Waals surface area (Å²) in [4.78, 5) is 29.1. The molecule has 2 N–H and O–H groups in total. The second-order valence-corrected chi connectivity index (χ2v) is 7.99. The topological polar surface area (TPSA) is 113 Å². The van der Waals surface area contributed by atoms with Crippen molar-refractivity contribution in [2.75, 3.05) is 24.5 Å². The number of nitrogens with one attached hydrogen (secondary N) is 1. The van der Waals surface area contributed by atoms with Crippen molar-refractivity contribution in [2.45, 2.75) is 12.8 Å². The number of anilines is 1. The van der Waals surface area contributed by atoms with Crippen molar-refractivity contribution < 1.29 is 14.7 Å². The second-order valence-electron chi connectivity index (χ2n) is 7.99. The zero-order valence-electron chi connectivity index (χ0n) is 17.3. The Morgan fingerprint density at radius 3 is 2.78 bits per heavy atom. The van der Waals surface area contributed by atoms with Crippen molar-refractivity contribution in [3.05, 3.63) is 54.2 Å². The Balaban J connectivity index is 1.46. The van der Waals surface area contributed by atoms with E-state index in [0.717, 1.165) is 48.8 Å². The van der Waals surface area contributed by atoms with E-state index in [2.05, 4.69) is 26.5 Å². The Bertz CT molecular complexity index is 1310. The highest BCUT2D eigenvalue weighted by molar-refractivity contribution is 5.92. The van der Waals surface area contributed by atoms with Crippen LogP contribution >= 0.6 is 0 Å². The minimum atomic E-state index is -0.971. The molecule has 162 valence electrons. The number of aromatic nitrogens is 4. The number of para-hydroxylation sites is 1. The van der Waals surface area contributed by atoms with Gasteiger partial charge in [-0.2, -0.15) is 0 Å². The first-order valence-corrected chi connectivity index (χ1v) is 10.5. The minimum Gasteiger partial charge on any atom is -0.465 e. The van der Waals surface area contributed by atoms with Gasteiger partial charge >= 0.3 is 6.09 Å². The maximum Gasteiger partial charge on any atom is 0.404 e. The lowest BCUT2D eigenvalue weighted by molar-refractivity contribution is 0.112. The van der Waals surface area contributed by atoms with Crippen LogP contribution in [0.25, 0.3) is 28.1 Å². The van der Waals surface area contributed by atoms with Gasteiger partial charge < -0.3 is 15.3 Å². The summed E-state index contributed by atoms with van der Waals surface area (Å²) in [5.41, 5.74) is 3.81. The Kier molecular flexibility index (Phi) is 5.14. The fourth-order valence-electron chi connectivity index (χ4n) is 4.28. The molecule has 9 heteroatoms. The van der Waals surface area contributed by atoms with Gasteiger partial charge in [-0.05, 0) is 43.0 Å². The van der Waals surface area contributed by atoms with Gasteiger partial charge in [0.05, 0.1) is 11.2 Å². The predicted molar refractivity (Wildman–Crippen MR) is 120 cm³/mol. The molecule has 1 aliphatic heterocycles. The third kappa shape index (κ3) is 3.73. The Hall–Kier alpha value is -4.01. The second kappa shape index (κ2) is 8.26. The molecule has 4 aromatic rings. The van der Waals surface area contributed by atoms with Gasteiger partial charge in [0.1, 0.15) is 12.0 Å². The van der Waals surface area contributed by atoms with Gasteiger partial charge in [0.2, 0.25) is 0 Å². The number of piperidine rings is 1. The molecule has 1 aromatic carbocycles. The Morgan fingerprint density at radius 2 is 2.00 bits per heavy atom. The number of hydrogen-bond donors (Lipinski definition) is 2. The standard InChI is InChI=1S/C23H22N6O3/c30-14-16-8-11-29-20(12-16)26-27-22(29)18-5-4-17-2-1-3-19(21(17)25-18)28-9-6-15(7-10-28)13-24-23(31)32/h1-5,8,11-12,14-15,24H,6-7,9-10,13H2,(H,31,32). The fraction of sp³-hybridized carbons (Fsp3) is 0.261. The van der Waals surface area contributed by atoms with Crippen molar-refractivity contribution >= 4 is 34.6 Å². The molecule has 5 rings (SSSR count). The van der Waals surface area contributed by atoms with Gasteiger partial charge in [-0.15, -0.1) is 10.2 Å². The SMILES string of the molecule is O=Cc1ccn2c(-c3ccc4cccc(N5CCC(CNC(=O)O)CC5)c4n3)nnc2c1. The van der Waals surface area contributed by atoms with Gasteiger partial charge in [-0.3, -0.25) is 9.20 Å². The van der Waals surface area contributed by atoms with Crippen molar-refractivity contribution in [1.29, 1.82) is 0 Å². The van der Waals surface area contributed by atoms with Crippen LogP contribution in [0.2, 0.25) is 0 Å². The number of benzene rings is 1. The Morgan fingerprint density at radius 1 is 1.16 bits per heavy atom. The highest BCUT2D eigenvalue weighted by Gasteiger charge is 2.22. The van der Waals surface area contributed by atoms with Crippen LogP contribution in [-0.2, 0) is 0 Å². The normalized spacial score (nSPS) is 14.7. The molecule has 0 aliphatic carbocycles. The molecule has 0 bridgehead atoms. The number of pyridine rings is 2. The summed E-state index contributed by atoms with van der Waals surface area (Å²) in [5.74, 6) is 0.965. The lowest BCUT2D eigenvalue weighted by Gasteiger charge is -2.34. The molecule has 0 spiro atoms. The van der Waals surface area contributed by atoms with E-state index in [1.54, 1.807) is 18.3 Å². The molecular weight excluding hydrogens is 408 g/mol. The molecule has 0 unspecified atom stereocenters. The number of aldehydes is 1. The van der Waals surface area contributed by atoms with E-state index in [4.69, 9.17) is 10.1 Å². The van der Waals surface area contributed by atoms with Crippen LogP contribution in [0, 0.1) is 5.92 Å². The molecule has 1 amide bonds. The number of carbonyl (C=O) groups is 2. The molecule has 1 saturated heterocycles. The van der Waals surface area contributed by atoms with Crippen LogP contribution in [0.5, 0.6) is 0 Å². The number of nitrogens with zero attached hydrogens (tertiary/aromatic N) is 5.